The van der Waals surface area contributed by atoms with E-state index < -0.39 is 13.0 Å². The zero-order valence-corrected chi connectivity index (χ0v) is 20.7. The fourth-order valence-corrected chi connectivity index (χ4v) is 6.78. The molecule has 1 unspecified atom stereocenters. The van der Waals surface area contributed by atoms with Crippen molar-refractivity contribution in [3.63, 3.8) is 0 Å². The van der Waals surface area contributed by atoms with Gasteiger partial charge in [-0.1, -0.05) is 0 Å². The summed E-state index contributed by atoms with van der Waals surface area (Å²) in [6.45, 7) is 3.46. The molecule has 0 N–H and O–H groups in total. The number of hydrogen-bond donors (Lipinski definition) is 0. The van der Waals surface area contributed by atoms with Crippen molar-refractivity contribution in [2.24, 2.45) is 0 Å². The van der Waals surface area contributed by atoms with Crippen molar-refractivity contribution in [3.05, 3.63) is 50.7 Å². The van der Waals surface area contributed by atoms with Crippen LogP contribution in [-0.4, -0.2) is 57.0 Å². The second kappa shape index (κ2) is 9.75. The minimum Gasteiger partial charge on any atom is -0.372 e. The molecule has 34 heavy (non-hydrogen) atoms. The second-order valence-corrected chi connectivity index (χ2v) is 11.0. The maximum Gasteiger partial charge on any atom is 0.261 e. The maximum absolute atomic E-state index is 13.2. The minimum absolute atomic E-state index is 0.0357. The monoisotopic (exact) mass is 504 g/mol. The van der Waals surface area contributed by atoms with Crippen LogP contribution in [0.4, 0.5) is 8.78 Å². The predicted octanol–water partition coefficient (Wildman–Crippen LogP) is 5.29. The zero-order valence-electron chi connectivity index (χ0n) is 19.0. The van der Waals surface area contributed by atoms with E-state index in [-0.39, 0.29) is 24.1 Å². The average molecular weight is 505 g/mol. The molecule has 0 saturated carbocycles. The van der Waals surface area contributed by atoms with Gasteiger partial charge in [-0.05, 0) is 51.7 Å². The topological polar surface area (TPSA) is 68.2 Å². The van der Waals surface area contributed by atoms with E-state index in [0.717, 1.165) is 44.8 Å². The highest BCUT2D eigenvalue weighted by atomic mass is 32.1. The Bertz CT molecular complexity index is 1150. The molecule has 3 aromatic heterocycles. The number of ether oxygens (including phenoxy) is 1. The van der Waals surface area contributed by atoms with Crippen LogP contribution in [-0.2, 0) is 11.2 Å². The lowest BCUT2D eigenvalue weighted by atomic mass is 9.98. The van der Waals surface area contributed by atoms with Crippen LogP contribution in [0, 0.1) is 13.8 Å². The molecule has 0 spiro atoms. The highest BCUT2D eigenvalue weighted by Crippen LogP contribution is 2.38. The van der Waals surface area contributed by atoms with Gasteiger partial charge in [0.1, 0.15) is 6.61 Å². The number of aromatic nitrogens is 3. The molecule has 5 heterocycles. The van der Waals surface area contributed by atoms with Crippen LogP contribution in [0.15, 0.2) is 23.7 Å². The molecule has 2 aliphatic heterocycles. The third-order valence-corrected chi connectivity index (χ3v) is 8.42. The number of hydrogen-bond acceptors (Lipinski definition) is 7. The summed E-state index contributed by atoms with van der Waals surface area (Å²) in [6.07, 6.45) is 2.60. The lowest BCUT2D eigenvalue weighted by molar-refractivity contribution is -0.0563. The normalized spacial score (nSPS) is 22.0. The van der Waals surface area contributed by atoms with Gasteiger partial charge in [0.25, 0.3) is 12.3 Å². The summed E-state index contributed by atoms with van der Waals surface area (Å²) in [5.41, 5.74) is 3.37. The highest BCUT2D eigenvalue weighted by molar-refractivity contribution is 7.16. The van der Waals surface area contributed by atoms with Gasteiger partial charge in [0.15, 0.2) is 0 Å². The molecule has 1 amide bonds. The molecule has 0 radical (unpaired) electrons. The Balaban J connectivity index is 1.22. The summed E-state index contributed by atoms with van der Waals surface area (Å²) in [5.74, 6) is -0.0357. The van der Waals surface area contributed by atoms with Gasteiger partial charge in [0.2, 0.25) is 0 Å². The standard InChI is InChI=1S/C24H26F2N4O2S2/c1-13-23(34-14(2)28-13)20-12-33-22(29-20)7-16-4-3-15(10-27-16)24(31)30-17-5-6-18(30)9-19(8-17)32-11-21(25)26/h3-4,10,12,17-19,21H,5-9,11H2,1-2H3/t17-,18+,19?. The van der Waals surface area contributed by atoms with Crippen LogP contribution in [0.5, 0.6) is 0 Å². The third-order valence-electron chi connectivity index (χ3n) is 6.47. The number of carbonyl (C=O) groups excluding carboxylic acids is 1. The Hall–Kier alpha value is -2.30. The quantitative estimate of drug-likeness (QED) is 0.438. The van der Waals surface area contributed by atoms with Crippen LogP contribution >= 0.6 is 22.7 Å². The summed E-state index contributed by atoms with van der Waals surface area (Å²) in [7, 11) is 0. The van der Waals surface area contributed by atoms with Crippen molar-refractivity contribution >= 4 is 28.6 Å². The van der Waals surface area contributed by atoms with E-state index in [1.54, 1.807) is 28.9 Å². The number of piperidine rings is 1. The SMILES string of the molecule is Cc1nc(C)c(-c2csc(Cc3ccc(C(=O)N4[C@@H]5CC[C@H]4CC(OCC(F)F)C5)cn3)n2)s1. The lowest BCUT2D eigenvalue weighted by Gasteiger charge is -2.38. The Labute approximate surface area is 205 Å². The van der Waals surface area contributed by atoms with E-state index in [1.807, 2.05) is 30.9 Å². The molecule has 2 aliphatic rings. The number of alkyl halides is 2. The molecular formula is C24H26F2N4O2S2. The number of carbonyl (C=O) groups is 1. The van der Waals surface area contributed by atoms with E-state index >= 15 is 0 Å². The van der Waals surface area contributed by atoms with Crippen LogP contribution in [0.3, 0.4) is 0 Å². The van der Waals surface area contributed by atoms with Crippen molar-refractivity contribution in [1.29, 1.82) is 0 Å². The van der Waals surface area contributed by atoms with E-state index in [1.165, 1.54) is 0 Å². The molecule has 3 atom stereocenters. The van der Waals surface area contributed by atoms with Crippen molar-refractivity contribution in [2.45, 2.75) is 70.6 Å². The first-order valence-electron chi connectivity index (χ1n) is 11.4. The molecule has 3 aromatic rings. The molecule has 0 aromatic carbocycles. The average Bonchev–Trinajstić information content (AvgIpc) is 3.47. The number of pyridine rings is 1. The van der Waals surface area contributed by atoms with Gasteiger partial charge in [-0.25, -0.2) is 18.7 Å². The number of aryl methyl sites for hydroxylation is 2. The summed E-state index contributed by atoms with van der Waals surface area (Å²) in [5, 5.41) is 4.05. The van der Waals surface area contributed by atoms with Gasteiger partial charge in [-0.15, -0.1) is 22.7 Å². The second-order valence-electron chi connectivity index (χ2n) is 8.90. The molecule has 180 valence electrons. The summed E-state index contributed by atoms with van der Waals surface area (Å²) >= 11 is 3.25. The minimum atomic E-state index is -2.46. The van der Waals surface area contributed by atoms with E-state index in [2.05, 4.69) is 15.3 Å². The predicted molar refractivity (Wildman–Crippen MR) is 128 cm³/mol. The number of fused-ring (bicyclic) bond motifs is 2. The first-order valence-corrected chi connectivity index (χ1v) is 13.1. The van der Waals surface area contributed by atoms with Gasteiger partial charge in [-0.2, -0.15) is 0 Å². The molecular weight excluding hydrogens is 478 g/mol. The van der Waals surface area contributed by atoms with Gasteiger partial charge in [0.05, 0.1) is 37.9 Å². The number of rotatable bonds is 7. The van der Waals surface area contributed by atoms with Crippen LogP contribution in [0.25, 0.3) is 10.6 Å². The Morgan fingerprint density at radius 1 is 1.21 bits per heavy atom. The summed E-state index contributed by atoms with van der Waals surface area (Å²) in [4.78, 5) is 30.0. The van der Waals surface area contributed by atoms with Crippen LogP contribution in [0.1, 0.15) is 57.4 Å². The van der Waals surface area contributed by atoms with Crippen molar-refractivity contribution in [3.8, 4) is 10.6 Å². The molecule has 2 fully saturated rings. The van der Waals surface area contributed by atoms with Gasteiger partial charge in [0, 0.05) is 35.8 Å². The lowest BCUT2D eigenvalue weighted by Crippen LogP contribution is -2.48. The van der Waals surface area contributed by atoms with Crippen molar-refractivity contribution < 1.29 is 18.3 Å². The number of nitrogens with zero attached hydrogens (tertiary/aromatic N) is 4. The van der Waals surface area contributed by atoms with Crippen molar-refractivity contribution in [2.75, 3.05) is 6.61 Å². The Morgan fingerprint density at radius 3 is 2.59 bits per heavy atom. The fourth-order valence-electron chi connectivity index (χ4n) is 5.03. The number of halogens is 2. The Kier molecular flexibility index (Phi) is 6.72. The highest BCUT2D eigenvalue weighted by Gasteiger charge is 2.44. The summed E-state index contributed by atoms with van der Waals surface area (Å²) in [6, 6.07) is 3.80. The van der Waals surface area contributed by atoms with E-state index in [0.29, 0.717) is 24.8 Å². The third kappa shape index (κ3) is 4.89. The van der Waals surface area contributed by atoms with Crippen molar-refractivity contribution in [1.82, 2.24) is 19.9 Å². The zero-order chi connectivity index (χ0) is 23.8. The molecule has 2 saturated heterocycles. The van der Waals surface area contributed by atoms with Gasteiger partial charge in [-0.3, -0.25) is 9.78 Å². The number of thiazole rings is 2. The molecule has 6 nitrogen and oxygen atoms in total. The fraction of sp³-hybridized carbons (Fsp3) is 0.500. The molecule has 2 bridgehead atoms. The first-order chi connectivity index (χ1) is 16.4. The molecule has 0 aliphatic carbocycles. The Morgan fingerprint density at radius 2 is 1.97 bits per heavy atom. The maximum atomic E-state index is 13.2. The van der Waals surface area contributed by atoms with Gasteiger partial charge < -0.3 is 9.64 Å². The van der Waals surface area contributed by atoms with Crippen LogP contribution < -0.4 is 0 Å². The largest absolute Gasteiger partial charge is 0.372 e. The number of amides is 1. The van der Waals surface area contributed by atoms with Crippen LogP contribution in [0.2, 0.25) is 0 Å². The first kappa shape index (κ1) is 23.4. The molecule has 5 rings (SSSR count). The summed E-state index contributed by atoms with van der Waals surface area (Å²) < 4.78 is 30.3. The van der Waals surface area contributed by atoms with E-state index in [9.17, 15) is 13.6 Å². The van der Waals surface area contributed by atoms with Gasteiger partial charge >= 0.3 is 0 Å². The molecule has 10 heteroatoms. The van der Waals surface area contributed by atoms with E-state index in [4.69, 9.17) is 9.72 Å². The smallest absolute Gasteiger partial charge is 0.261 e.